The minimum atomic E-state index is -4.82. The number of halogens is 4. The highest BCUT2D eigenvalue weighted by atomic mass is 19.4. The van der Waals surface area contributed by atoms with Crippen LogP contribution < -0.4 is 5.32 Å². The molecule has 1 amide bonds. The molecule has 3 nitrogen and oxygen atoms in total. The minimum Gasteiger partial charge on any atom is -0.381 e. The SMILES string of the molecule is O=C(NCC1CCOCC1)c1ccc(F)c(C(F)(F)F)c1. The number of ether oxygens (including phenoxy) is 1. The van der Waals surface area contributed by atoms with E-state index in [2.05, 4.69) is 5.32 Å². The van der Waals surface area contributed by atoms with Crippen molar-refractivity contribution in [2.45, 2.75) is 19.0 Å². The molecule has 1 fully saturated rings. The molecule has 1 aliphatic heterocycles. The molecule has 7 heteroatoms. The summed E-state index contributed by atoms with van der Waals surface area (Å²) in [6.45, 7) is 1.62. The highest BCUT2D eigenvalue weighted by molar-refractivity contribution is 5.94. The largest absolute Gasteiger partial charge is 0.419 e. The van der Waals surface area contributed by atoms with Gasteiger partial charge in [0.2, 0.25) is 0 Å². The normalized spacial score (nSPS) is 16.8. The van der Waals surface area contributed by atoms with Crippen molar-refractivity contribution in [2.75, 3.05) is 19.8 Å². The first-order valence-electron chi connectivity index (χ1n) is 6.60. The van der Waals surface area contributed by atoms with Crippen molar-refractivity contribution in [1.29, 1.82) is 0 Å². The molecular formula is C14H15F4NO2. The number of carbonyl (C=O) groups is 1. The van der Waals surface area contributed by atoms with Gasteiger partial charge < -0.3 is 10.1 Å². The second-order valence-electron chi connectivity index (χ2n) is 4.96. The number of benzene rings is 1. The Labute approximate surface area is 119 Å². The zero-order chi connectivity index (χ0) is 15.5. The summed E-state index contributed by atoms with van der Waals surface area (Å²) in [5.41, 5.74) is -1.63. The number of hydrogen-bond donors (Lipinski definition) is 1. The van der Waals surface area contributed by atoms with Gasteiger partial charge in [0.15, 0.2) is 0 Å². The Balaban J connectivity index is 2.02. The van der Waals surface area contributed by atoms with E-state index in [9.17, 15) is 22.4 Å². The zero-order valence-electron chi connectivity index (χ0n) is 11.2. The van der Waals surface area contributed by atoms with E-state index in [1.807, 2.05) is 0 Å². The van der Waals surface area contributed by atoms with Crippen LogP contribution in [0.25, 0.3) is 0 Å². The van der Waals surface area contributed by atoms with Gasteiger partial charge in [-0.1, -0.05) is 0 Å². The summed E-state index contributed by atoms with van der Waals surface area (Å²) in [6.07, 6.45) is -3.21. The van der Waals surface area contributed by atoms with Crippen LogP contribution in [-0.2, 0) is 10.9 Å². The summed E-state index contributed by atoms with van der Waals surface area (Å²) >= 11 is 0. The van der Waals surface area contributed by atoms with E-state index >= 15 is 0 Å². The van der Waals surface area contributed by atoms with Gasteiger partial charge >= 0.3 is 6.18 Å². The number of amides is 1. The van der Waals surface area contributed by atoms with Crippen LogP contribution in [0.2, 0.25) is 0 Å². The van der Waals surface area contributed by atoms with E-state index in [-0.39, 0.29) is 11.5 Å². The van der Waals surface area contributed by atoms with Gasteiger partial charge in [-0.2, -0.15) is 13.2 Å². The number of nitrogens with one attached hydrogen (secondary N) is 1. The zero-order valence-corrected chi connectivity index (χ0v) is 11.2. The van der Waals surface area contributed by atoms with Crippen LogP contribution in [0.4, 0.5) is 17.6 Å². The molecule has 1 heterocycles. The Kier molecular flexibility index (Phi) is 4.82. The lowest BCUT2D eigenvalue weighted by Crippen LogP contribution is -2.32. The molecule has 2 rings (SSSR count). The number of hydrogen-bond acceptors (Lipinski definition) is 2. The first-order valence-corrected chi connectivity index (χ1v) is 6.60. The van der Waals surface area contributed by atoms with Gasteiger partial charge in [-0.25, -0.2) is 4.39 Å². The van der Waals surface area contributed by atoms with Gasteiger partial charge in [-0.05, 0) is 37.0 Å². The van der Waals surface area contributed by atoms with Crippen LogP contribution in [0.5, 0.6) is 0 Å². The molecule has 0 atom stereocenters. The summed E-state index contributed by atoms with van der Waals surface area (Å²) in [7, 11) is 0. The summed E-state index contributed by atoms with van der Waals surface area (Å²) in [4.78, 5) is 11.8. The van der Waals surface area contributed by atoms with Gasteiger partial charge in [0.1, 0.15) is 5.82 Å². The van der Waals surface area contributed by atoms with Crippen LogP contribution in [-0.4, -0.2) is 25.7 Å². The van der Waals surface area contributed by atoms with Crippen molar-refractivity contribution < 1.29 is 27.1 Å². The molecule has 0 aliphatic carbocycles. The van der Waals surface area contributed by atoms with Crippen LogP contribution in [0.3, 0.4) is 0 Å². The third-order valence-electron chi connectivity index (χ3n) is 3.43. The van der Waals surface area contributed by atoms with Crippen LogP contribution in [0, 0.1) is 11.7 Å². The summed E-state index contributed by atoms with van der Waals surface area (Å²) in [5.74, 6) is -1.76. The Morgan fingerprint density at radius 3 is 2.57 bits per heavy atom. The minimum absolute atomic E-state index is 0.198. The lowest BCUT2D eigenvalue weighted by Gasteiger charge is -2.22. The molecule has 0 aromatic heterocycles. The Morgan fingerprint density at radius 1 is 1.29 bits per heavy atom. The highest BCUT2D eigenvalue weighted by Crippen LogP contribution is 2.31. The summed E-state index contributed by atoms with van der Waals surface area (Å²) in [6, 6.07) is 2.24. The molecule has 0 spiro atoms. The van der Waals surface area contributed by atoms with E-state index in [1.54, 1.807) is 0 Å². The lowest BCUT2D eigenvalue weighted by atomic mass is 10.0. The average molecular weight is 305 g/mol. The van der Waals surface area contributed by atoms with Gasteiger partial charge in [-0.3, -0.25) is 4.79 Å². The standard InChI is InChI=1S/C14H15F4NO2/c15-12-2-1-10(7-11(12)14(16,17)18)13(20)19-8-9-3-5-21-6-4-9/h1-2,7,9H,3-6,8H2,(H,19,20). The van der Waals surface area contributed by atoms with Crippen LogP contribution in [0.15, 0.2) is 18.2 Å². The van der Waals surface area contributed by atoms with Crippen molar-refractivity contribution in [2.24, 2.45) is 5.92 Å². The Hall–Kier alpha value is -1.63. The van der Waals surface area contributed by atoms with Crippen molar-refractivity contribution in [1.82, 2.24) is 5.32 Å². The molecule has 21 heavy (non-hydrogen) atoms. The molecular weight excluding hydrogens is 290 g/mol. The third-order valence-corrected chi connectivity index (χ3v) is 3.43. The summed E-state index contributed by atoms with van der Waals surface area (Å²) in [5, 5.41) is 2.58. The third kappa shape index (κ3) is 4.17. The fraction of sp³-hybridized carbons (Fsp3) is 0.500. The first-order chi connectivity index (χ1) is 9.88. The van der Waals surface area contributed by atoms with E-state index in [1.165, 1.54) is 0 Å². The molecule has 0 radical (unpaired) electrons. The number of rotatable bonds is 3. The highest BCUT2D eigenvalue weighted by Gasteiger charge is 2.34. The first kappa shape index (κ1) is 15.8. The van der Waals surface area contributed by atoms with Crippen LogP contribution >= 0.6 is 0 Å². The molecule has 1 aliphatic rings. The molecule has 1 aromatic carbocycles. The molecule has 0 unspecified atom stereocenters. The monoisotopic (exact) mass is 305 g/mol. The number of carbonyl (C=O) groups excluding carboxylic acids is 1. The van der Waals surface area contributed by atoms with Gasteiger partial charge in [0, 0.05) is 25.3 Å². The van der Waals surface area contributed by atoms with E-state index in [0.29, 0.717) is 31.9 Å². The van der Waals surface area contributed by atoms with Crippen molar-refractivity contribution in [3.63, 3.8) is 0 Å². The molecule has 1 aromatic rings. The Bertz CT molecular complexity index is 510. The lowest BCUT2D eigenvalue weighted by molar-refractivity contribution is -0.140. The van der Waals surface area contributed by atoms with Crippen LogP contribution in [0.1, 0.15) is 28.8 Å². The van der Waals surface area contributed by atoms with Gasteiger partial charge in [0.25, 0.3) is 5.91 Å². The second-order valence-corrected chi connectivity index (χ2v) is 4.96. The smallest absolute Gasteiger partial charge is 0.381 e. The second kappa shape index (κ2) is 6.43. The quantitative estimate of drug-likeness (QED) is 0.872. The van der Waals surface area contributed by atoms with E-state index in [0.717, 1.165) is 18.9 Å². The molecule has 0 bridgehead atoms. The predicted octanol–water partition coefficient (Wildman–Crippen LogP) is 3.00. The maximum absolute atomic E-state index is 13.1. The Morgan fingerprint density at radius 2 is 1.95 bits per heavy atom. The van der Waals surface area contributed by atoms with Crippen molar-refractivity contribution >= 4 is 5.91 Å². The maximum Gasteiger partial charge on any atom is 0.419 e. The van der Waals surface area contributed by atoms with Gasteiger partial charge in [0.05, 0.1) is 5.56 Å². The fourth-order valence-electron chi connectivity index (χ4n) is 2.17. The van der Waals surface area contributed by atoms with Crippen molar-refractivity contribution in [3.8, 4) is 0 Å². The van der Waals surface area contributed by atoms with E-state index in [4.69, 9.17) is 4.74 Å². The topological polar surface area (TPSA) is 38.3 Å². The number of alkyl halides is 3. The molecule has 116 valence electrons. The molecule has 1 N–H and O–H groups in total. The van der Waals surface area contributed by atoms with Crippen molar-refractivity contribution in [3.05, 3.63) is 35.1 Å². The molecule has 1 saturated heterocycles. The average Bonchev–Trinajstić information content (AvgIpc) is 2.45. The van der Waals surface area contributed by atoms with Gasteiger partial charge in [-0.15, -0.1) is 0 Å². The fourth-order valence-corrected chi connectivity index (χ4v) is 2.17. The van der Waals surface area contributed by atoms with E-state index < -0.39 is 23.5 Å². The molecule has 0 saturated carbocycles. The predicted molar refractivity (Wildman–Crippen MR) is 67.3 cm³/mol. The summed E-state index contributed by atoms with van der Waals surface area (Å²) < 4.78 is 56.1. The maximum atomic E-state index is 13.1.